The minimum Gasteiger partial charge on any atom is -0.305 e. The topological polar surface area (TPSA) is 59.1 Å². The van der Waals surface area contributed by atoms with Crippen LogP contribution in [0, 0.1) is 0 Å². The molecule has 0 aliphatic carbocycles. The summed E-state index contributed by atoms with van der Waals surface area (Å²) in [5.41, 5.74) is 0.508. The first-order chi connectivity index (χ1) is 9.79. The van der Waals surface area contributed by atoms with E-state index < -0.39 is 27.3 Å². The fourth-order valence-electron chi connectivity index (χ4n) is 2.42. The van der Waals surface area contributed by atoms with Gasteiger partial charge in [-0.25, -0.2) is 8.42 Å². The highest BCUT2D eigenvalue weighted by Crippen LogP contribution is 2.25. The van der Waals surface area contributed by atoms with Crippen LogP contribution in [0.15, 0.2) is 24.5 Å². The van der Waals surface area contributed by atoms with Crippen molar-refractivity contribution in [3.8, 4) is 0 Å². The van der Waals surface area contributed by atoms with Gasteiger partial charge in [0, 0.05) is 18.9 Å². The smallest absolute Gasteiger partial charge is 0.305 e. The van der Waals surface area contributed by atoms with Crippen LogP contribution in [-0.2, 0) is 16.3 Å². The van der Waals surface area contributed by atoms with Gasteiger partial charge in [0.15, 0.2) is 9.84 Å². The van der Waals surface area contributed by atoms with E-state index in [1.165, 1.54) is 24.5 Å². The van der Waals surface area contributed by atoms with Gasteiger partial charge in [-0.15, -0.1) is 0 Å². The molecular formula is C13H17F3N2O2S. The molecule has 0 radical (unpaired) electrons. The van der Waals surface area contributed by atoms with Gasteiger partial charge in [0.1, 0.15) is 6.04 Å². The molecule has 2 atom stereocenters. The Morgan fingerprint density at radius 1 is 1.33 bits per heavy atom. The van der Waals surface area contributed by atoms with Crippen LogP contribution < -0.4 is 5.32 Å². The van der Waals surface area contributed by atoms with E-state index in [4.69, 9.17) is 0 Å². The van der Waals surface area contributed by atoms with Gasteiger partial charge in [0.05, 0.1) is 11.0 Å². The molecule has 1 aromatic rings. The maximum Gasteiger partial charge on any atom is 0.404 e. The lowest BCUT2D eigenvalue weighted by Gasteiger charge is -2.23. The molecule has 1 aliphatic rings. The summed E-state index contributed by atoms with van der Waals surface area (Å²) in [4.78, 5) is 3.76. The number of nitrogens with one attached hydrogen (secondary N) is 1. The molecule has 0 saturated carbocycles. The molecule has 1 aliphatic heterocycles. The number of nitrogens with zero attached hydrogens (tertiary/aromatic N) is 1. The van der Waals surface area contributed by atoms with Crippen molar-refractivity contribution in [3.05, 3.63) is 30.1 Å². The molecule has 1 aromatic heterocycles. The monoisotopic (exact) mass is 322 g/mol. The fourth-order valence-corrected chi connectivity index (χ4v) is 4.20. The summed E-state index contributed by atoms with van der Waals surface area (Å²) >= 11 is 0. The number of aromatic nitrogens is 1. The Labute approximate surface area is 121 Å². The Morgan fingerprint density at radius 2 is 2.00 bits per heavy atom. The van der Waals surface area contributed by atoms with Gasteiger partial charge in [0.25, 0.3) is 0 Å². The Hall–Kier alpha value is -1.15. The first-order valence-electron chi connectivity index (χ1n) is 6.69. The van der Waals surface area contributed by atoms with Crippen LogP contribution in [0.1, 0.15) is 18.4 Å². The van der Waals surface area contributed by atoms with E-state index in [0.29, 0.717) is 18.4 Å². The third kappa shape index (κ3) is 4.41. The minimum absolute atomic E-state index is 0.0698. The zero-order valence-electron chi connectivity index (χ0n) is 11.3. The lowest BCUT2D eigenvalue weighted by atomic mass is 10.1. The summed E-state index contributed by atoms with van der Waals surface area (Å²) in [6, 6.07) is 1.29. The summed E-state index contributed by atoms with van der Waals surface area (Å²) in [5.74, 6) is 0.0698. The first kappa shape index (κ1) is 16.2. The van der Waals surface area contributed by atoms with Crippen LogP contribution >= 0.6 is 0 Å². The van der Waals surface area contributed by atoms with Crippen molar-refractivity contribution in [2.75, 3.05) is 12.3 Å². The molecule has 4 nitrogen and oxygen atoms in total. The van der Waals surface area contributed by atoms with E-state index in [0.717, 1.165) is 0 Å². The lowest BCUT2D eigenvalue weighted by molar-refractivity contribution is -0.155. The molecule has 0 amide bonds. The molecule has 1 saturated heterocycles. The van der Waals surface area contributed by atoms with E-state index in [1.54, 1.807) is 0 Å². The summed E-state index contributed by atoms with van der Waals surface area (Å²) in [5, 5.41) is 1.67. The van der Waals surface area contributed by atoms with Crippen molar-refractivity contribution in [1.29, 1.82) is 0 Å². The third-order valence-corrected chi connectivity index (χ3v) is 5.91. The number of rotatable bonds is 5. The Kier molecular flexibility index (Phi) is 4.88. The van der Waals surface area contributed by atoms with Crippen molar-refractivity contribution in [2.24, 2.45) is 0 Å². The van der Waals surface area contributed by atoms with Gasteiger partial charge in [-0.3, -0.25) is 4.98 Å². The number of pyridine rings is 1. The quantitative estimate of drug-likeness (QED) is 0.897. The average Bonchev–Trinajstić information content (AvgIpc) is 2.73. The van der Waals surface area contributed by atoms with E-state index >= 15 is 0 Å². The van der Waals surface area contributed by atoms with Crippen LogP contribution in [0.2, 0.25) is 0 Å². The highest BCUT2D eigenvalue weighted by atomic mass is 32.2. The van der Waals surface area contributed by atoms with Crippen molar-refractivity contribution in [1.82, 2.24) is 10.3 Å². The molecule has 2 rings (SSSR count). The van der Waals surface area contributed by atoms with Crippen LogP contribution in [0.25, 0.3) is 0 Å². The van der Waals surface area contributed by atoms with E-state index in [9.17, 15) is 21.6 Å². The second-order valence-corrected chi connectivity index (χ2v) is 7.59. The van der Waals surface area contributed by atoms with Crippen molar-refractivity contribution in [2.45, 2.75) is 36.7 Å². The van der Waals surface area contributed by atoms with Gasteiger partial charge in [-0.1, -0.05) is 0 Å². The normalized spacial score (nSPS) is 23.1. The lowest BCUT2D eigenvalue weighted by Crippen LogP contribution is -2.47. The van der Waals surface area contributed by atoms with Crippen LogP contribution in [0.3, 0.4) is 0 Å². The first-order valence-corrected chi connectivity index (χ1v) is 8.41. The van der Waals surface area contributed by atoms with Gasteiger partial charge >= 0.3 is 6.18 Å². The molecule has 1 fully saturated rings. The summed E-state index contributed by atoms with van der Waals surface area (Å²) in [6.07, 6.45) is -0.844. The number of halogens is 3. The zero-order valence-corrected chi connectivity index (χ0v) is 12.1. The minimum atomic E-state index is -4.42. The molecule has 0 bridgehead atoms. The second kappa shape index (κ2) is 6.31. The maximum atomic E-state index is 13.0. The predicted octanol–water partition coefficient (Wildman–Crippen LogP) is 1.72. The highest BCUT2D eigenvalue weighted by molar-refractivity contribution is 7.92. The number of hydrogen-bond donors (Lipinski definition) is 1. The molecule has 2 heterocycles. The molecule has 8 heteroatoms. The zero-order chi connectivity index (χ0) is 15.5. The summed E-state index contributed by atoms with van der Waals surface area (Å²) in [6.45, 7) is -0.155. The van der Waals surface area contributed by atoms with Crippen molar-refractivity contribution in [3.63, 3.8) is 0 Å². The third-order valence-electron chi connectivity index (χ3n) is 3.64. The highest BCUT2D eigenvalue weighted by Gasteiger charge is 2.41. The summed E-state index contributed by atoms with van der Waals surface area (Å²) in [7, 11) is -3.24. The fraction of sp³-hybridized carbons (Fsp3) is 0.615. The second-order valence-electron chi connectivity index (χ2n) is 5.19. The maximum absolute atomic E-state index is 13.0. The predicted molar refractivity (Wildman–Crippen MR) is 72.6 cm³/mol. The van der Waals surface area contributed by atoms with Crippen LogP contribution in [0.4, 0.5) is 13.2 Å². The molecule has 0 spiro atoms. The molecular weight excluding hydrogens is 305 g/mol. The number of alkyl halides is 3. The van der Waals surface area contributed by atoms with Crippen LogP contribution in [0.5, 0.6) is 0 Å². The molecule has 21 heavy (non-hydrogen) atoms. The Balaban J connectivity index is 2.01. The molecule has 1 N–H and O–H groups in total. The van der Waals surface area contributed by atoms with Crippen molar-refractivity contribution < 1.29 is 21.6 Å². The van der Waals surface area contributed by atoms with E-state index in [1.807, 2.05) is 0 Å². The standard InChI is InChI=1S/C13H17F3N2O2S/c14-13(15,16)12(8-10-3-5-17-6-4-10)18-9-11-2-1-7-21(11,19)20/h3-6,11-12,18H,1-2,7-9H2/t11-,12+/m0/s1. The van der Waals surface area contributed by atoms with Gasteiger partial charge in [-0.05, 0) is 37.0 Å². The SMILES string of the molecule is O=S1(=O)CCC[C@H]1CN[C@H](Cc1ccncc1)C(F)(F)F. The van der Waals surface area contributed by atoms with Crippen molar-refractivity contribution >= 4 is 9.84 Å². The van der Waals surface area contributed by atoms with Gasteiger partial charge in [0.2, 0.25) is 0 Å². The average molecular weight is 322 g/mol. The van der Waals surface area contributed by atoms with Crippen LogP contribution in [-0.4, -0.2) is 43.2 Å². The Bertz CT molecular complexity index is 561. The van der Waals surface area contributed by atoms with E-state index in [-0.39, 0.29) is 18.7 Å². The molecule has 0 aromatic carbocycles. The largest absolute Gasteiger partial charge is 0.404 e. The molecule has 0 unspecified atom stereocenters. The van der Waals surface area contributed by atoms with E-state index in [2.05, 4.69) is 10.3 Å². The van der Waals surface area contributed by atoms with Gasteiger partial charge < -0.3 is 5.32 Å². The number of sulfone groups is 1. The Morgan fingerprint density at radius 3 is 2.52 bits per heavy atom. The molecule has 118 valence electrons. The summed E-state index contributed by atoms with van der Waals surface area (Å²) < 4.78 is 62.4. The number of hydrogen-bond acceptors (Lipinski definition) is 4. The van der Waals surface area contributed by atoms with Gasteiger partial charge in [-0.2, -0.15) is 13.2 Å².